The maximum Gasteiger partial charge on any atom is 0.433 e. The molecule has 5 heterocycles. The van der Waals surface area contributed by atoms with Crippen molar-refractivity contribution in [1.29, 1.82) is 0 Å². The monoisotopic (exact) mass is 517 g/mol. The van der Waals surface area contributed by atoms with Gasteiger partial charge in [0.2, 0.25) is 11.8 Å². The SMILES string of the molecule is C[C@H](F)[C@H]1C(=O)N2CCCc3nc(NCc4ccc(Oc5ccc(C(F)(F)F)nc5)nc4)nc(c32)N1C. The van der Waals surface area contributed by atoms with E-state index in [2.05, 4.69) is 25.3 Å². The highest BCUT2D eigenvalue weighted by atomic mass is 19.4. The van der Waals surface area contributed by atoms with Gasteiger partial charge in [0.15, 0.2) is 5.82 Å². The van der Waals surface area contributed by atoms with Crippen LogP contribution in [0.15, 0.2) is 36.7 Å². The van der Waals surface area contributed by atoms with Gasteiger partial charge in [-0.25, -0.2) is 19.3 Å². The zero-order valence-electron chi connectivity index (χ0n) is 20.0. The fourth-order valence-electron chi connectivity index (χ4n) is 4.45. The number of anilines is 3. The van der Waals surface area contributed by atoms with Gasteiger partial charge in [-0.2, -0.15) is 18.2 Å². The smallest absolute Gasteiger partial charge is 0.433 e. The van der Waals surface area contributed by atoms with E-state index in [4.69, 9.17) is 4.74 Å². The van der Waals surface area contributed by atoms with Crippen molar-refractivity contribution in [3.63, 3.8) is 0 Å². The van der Waals surface area contributed by atoms with Gasteiger partial charge in [-0.1, -0.05) is 6.07 Å². The minimum atomic E-state index is -4.52. The molecule has 0 saturated heterocycles. The number of alkyl halides is 4. The third-order valence-electron chi connectivity index (χ3n) is 6.21. The minimum Gasteiger partial charge on any atom is -0.437 e. The summed E-state index contributed by atoms with van der Waals surface area (Å²) in [5.74, 6) is 0.889. The molecule has 2 atom stereocenters. The van der Waals surface area contributed by atoms with E-state index < -0.39 is 24.1 Å². The van der Waals surface area contributed by atoms with E-state index in [-0.39, 0.29) is 17.5 Å². The Morgan fingerprint density at radius 1 is 1.16 bits per heavy atom. The molecule has 5 rings (SSSR count). The van der Waals surface area contributed by atoms with Crippen molar-refractivity contribution in [3.05, 3.63) is 53.6 Å². The summed E-state index contributed by atoms with van der Waals surface area (Å²) < 4.78 is 57.7. The van der Waals surface area contributed by atoms with Gasteiger partial charge in [-0.05, 0) is 37.5 Å². The first kappa shape index (κ1) is 24.7. The summed E-state index contributed by atoms with van der Waals surface area (Å²) in [4.78, 5) is 32.7. The fourth-order valence-corrected chi connectivity index (χ4v) is 4.45. The molecule has 0 bridgehead atoms. The quantitative estimate of drug-likeness (QED) is 0.488. The zero-order chi connectivity index (χ0) is 26.3. The molecule has 194 valence electrons. The summed E-state index contributed by atoms with van der Waals surface area (Å²) in [6.07, 6.45) is -1.95. The lowest BCUT2D eigenvalue weighted by Crippen LogP contribution is -2.57. The van der Waals surface area contributed by atoms with Crippen LogP contribution in [0.2, 0.25) is 0 Å². The van der Waals surface area contributed by atoms with Crippen LogP contribution in [0.1, 0.15) is 30.3 Å². The van der Waals surface area contributed by atoms with E-state index in [1.54, 1.807) is 35.2 Å². The highest BCUT2D eigenvalue weighted by Gasteiger charge is 2.43. The predicted molar refractivity (Wildman–Crippen MR) is 126 cm³/mol. The minimum absolute atomic E-state index is 0.125. The summed E-state index contributed by atoms with van der Waals surface area (Å²) in [5, 5.41) is 3.15. The molecule has 0 saturated carbocycles. The molecule has 9 nitrogen and oxygen atoms in total. The highest BCUT2D eigenvalue weighted by molar-refractivity contribution is 6.06. The van der Waals surface area contributed by atoms with Gasteiger partial charge in [-0.3, -0.25) is 4.79 Å². The number of hydrogen-bond donors (Lipinski definition) is 1. The van der Waals surface area contributed by atoms with Crippen molar-refractivity contribution in [2.24, 2.45) is 0 Å². The van der Waals surface area contributed by atoms with E-state index >= 15 is 0 Å². The van der Waals surface area contributed by atoms with Crippen LogP contribution in [-0.2, 0) is 23.9 Å². The Labute approximate surface area is 209 Å². The number of hydrogen-bond acceptors (Lipinski definition) is 8. The number of rotatable bonds is 6. The Balaban J connectivity index is 1.28. The molecule has 3 aromatic rings. The van der Waals surface area contributed by atoms with Crippen LogP contribution >= 0.6 is 0 Å². The molecule has 3 aromatic heterocycles. The highest BCUT2D eigenvalue weighted by Crippen LogP contribution is 2.40. The maximum absolute atomic E-state index is 14.3. The fraction of sp³-hybridized carbons (Fsp3) is 0.375. The second-order valence-corrected chi connectivity index (χ2v) is 8.83. The Bertz CT molecular complexity index is 1300. The van der Waals surface area contributed by atoms with Gasteiger partial charge in [0, 0.05) is 32.4 Å². The normalized spacial score (nSPS) is 17.9. The third-order valence-corrected chi connectivity index (χ3v) is 6.21. The van der Waals surface area contributed by atoms with Crippen molar-refractivity contribution in [1.82, 2.24) is 19.9 Å². The van der Waals surface area contributed by atoms with Crippen LogP contribution < -0.4 is 19.9 Å². The number of halogens is 4. The Kier molecular flexibility index (Phi) is 6.30. The van der Waals surface area contributed by atoms with Crippen LogP contribution in [0.25, 0.3) is 0 Å². The van der Waals surface area contributed by atoms with Crippen LogP contribution in [0.5, 0.6) is 11.6 Å². The lowest BCUT2D eigenvalue weighted by Gasteiger charge is -2.43. The maximum atomic E-state index is 14.3. The van der Waals surface area contributed by atoms with Crippen LogP contribution in [0, 0.1) is 0 Å². The third kappa shape index (κ3) is 4.85. The number of amides is 1. The van der Waals surface area contributed by atoms with Crippen molar-refractivity contribution in [3.8, 4) is 11.6 Å². The molecular weight excluding hydrogens is 494 g/mol. The van der Waals surface area contributed by atoms with E-state index in [0.717, 1.165) is 29.9 Å². The van der Waals surface area contributed by atoms with Crippen molar-refractivity contribution >= 4 is 23.4 Å². The molecule has 0 aromatic carbocycles. The number of likely N-dealkylation sites (N-methyl/N-ethyl adjacent to an activating group) is 1. The average Bonchev–Trinajstić information content (AvgIpc) is 2.86. The molecule has 2 aliphatic heterocycles. The van der Waals surface area contributed by atoms with E-state index in [1.165, 1.54) is 13.0 Å². The number of ether oxygens (including phenoxy) is 1. The summed E-state index contributed by atoms with van der Waals surface area (Å²) in [7, 11) is 1.66. The number of aryl methyl sites for hydroxylation is 1. The standard InChI is InChI=1S/C24H23F4N7O2/c1-13(25)19-22(36)35-9-3-4-16-20(35)21(34(19)2)33-23(32-16)31-11-14-5-8-18(30-10-14)37-15-6-7-17(29-12-15)24(26,27)28/h5-8,10,12-13,19H,3-4,9,11H2,1-2H3,(H,31,32,33)/t13-,19-/m0/s1. The number of nitrogens with zero attached hydrogens (tertiary/aromatic N) is 6. The molecule has 0 unspecified atom stereocenters. The first-order valence-corrected chi connectivity index (χ1v) is 11.6. The number of carbonyl (C=O) groups excluding carboxylic acids is 1. The number of aromatic nitrogens is 4. The van der Waals surface area contributed by atoms with Gasteiger partial charge in [0.1, 0.15) is 29.3 Å². The van der Waals surface area contributed by atoms with E-state index in [1.807, 2.05) is 0 Å². The summed E-state index contributed by atoms with van der Waals surface area (Å²) in [5.41, 5.74) is 1.14. The molecule has 0 spiro atoms. The second kappa shape index (κ2) is 9.45. The summed E-state index contributed by atoms with van der Waals surface area (Å²) in [6, 6.07) is 4.38. The molecule has 0 aliphatic carbocycles. The number of carbonyl (C=O) groups is 1. The first-order chi connectivity index (χ1) is 17.6. The van der Waals surface area contributed by atoms with Crippen molar-refractivity contribution < 1.29 is 27.1 Å². The molecule has 13 heteroatoms. The van der Waals surface area contributed by atoms with Crippen LogP contribution in [-0.4, -0.2) is 51.6 Å². The van der Waals surface area contributed by atoms with Gasteiger partial charge in [0.25, 0.3) is 5.91 Å². The molecule has 1 amide bonds. The summed E-state index contributed by atoms with van der Waals surface area (Å²) in [6.45, 7) is 2.20. The van der Waals surface area contributed by atoms with Gasteiger partial charge in [-0.15, -0.1) is 0 Å². The van der Waals surface area contributed by atoms with Crippen molar-refractivity contribution in [2.45, 2.75) is 44.7 Å². The molecule has 37 heavy (non-hydrogen) atoms. The zero-order valence-corrected chi connectivity index (χ0v) is 20.0. The Hall–Kier alpha value is -4.03. The molecular formula is C24H23F4N7O2. The average molecular weight is 517 g/mol. The molecule has 1 N–H and O–H groups in total. The van der Waals surface area contributed by atoms with Crippen LogP contribution in [0.3, 0.4) is 0 Å². The molecule has 2 aliphatic rings. The first-order valence-electron chi connectivity index (χ1n) is 11.6. The van der Waals surface area contributed by atoms with Gasteiger partial charge in [0.05, 0.1) is 11.9 Å². The largest absolute Gasteiger partial charge is 0.437 e. The number of nitrogens with one attached hydrogen (secondary N) is 1. The topological polar surface area (TPSA) is 96.4 Å². The second-order valence-electron chi connectivity index (χ2n) is 8.83. The Morgan fingerprint density at radius 2 is 1.97 bits per heavy atom. The molecule has 0 radical (unpaired) electrons. The van der Waals surface area contributed by atoms with E-state index in [0.29, 0.717) is 37.0 Å². The van der Waals surface area contributed by atoms with Gasteiger partial charge >= 0.3 is 6.18 Å². The van der Waals surface area contributed by atoms with E-state index in [9.17, 15) is 22.4 Å². The summed E-state index contributed by atoms with van der Waals surface area (Å²) >= 11 is 0. The molecule has 0 fully saturated rings. The van der Waals surface area contributed by atoms with Crippen molar-refractivity contribution in [2.75, 3.05) is 28.7 Å². The number of pyridine rings is 2. The predicted octanol–water partition coefficient (Wildman–Crippen LogP) is 4.15. The lowest BCUT2D eigenvalue weighted by atomic mass is 10.0. The van der Waals surface area contributed by atoms with Crippen LogP contribution in [0.4, 0.5) is 35.0 Å². The van der Waals surface area contributed by atoms with Gasteiger partial charge < -0.3 is 19.9 Å². The Morgan fingerprint density at radius 3 is 2.62 bits per heavy atom. The lowest BCUT2D eigenvalue weighted by molar-refractivity contribution is -0.141.